The summed E-state index contributed by atoms with van der Waals surface area (Å²) in [5.74, 6) is 1.81. The molecule has 252 valence electrons. The van der Waals surface area contributed by atoms with Crippen molar-refractivity contribution in [2.45, 2.75) is 36.5 Å². The van der Waals surface area contributed by atoms with Gasteiger partial charge >= 0.3 is 5.69 Å². The van der Waals surface area contributed by atoms with Crippen LogP contribution in [0, 0.1) is 6.92 Å². The number of hydrogen-bond acceptors (Lipinski definition) is 11. The van der Waals surface area contributed by atoms with Gasteiger partial charge in [-0.3, -0.25) is 4.57 Å². The Kier molecular flexibility index (Phi) is 8.49. The number of aromatic nitrogens is 4. The standard InChI is InChI=1S/C36H35ClN6O6/c1-22-19-42(34(45)41-31(22)38)32-29-30(44)35(49-32,20-43(29)33-39-17-26(37)18-40-33)21-48-36(23-7-5-4-6-8-23,24-9-13-27(46-2)14-10-24)25-11-15-28(47-3)16-12-25/h4-19,29-30,32,44H,20-21H2,1-3H3,(H2,38,41,45)/t29-,30+,32-,35-/m1/s1. The van der Waals surface area contributed by atoms with E-state index in [-0.39, 0.29) is 19.0 Å². The number of nitrogens with two attached hydrogens (primary N) is 1. The largest absolute Gasteiger partial charge is 0.497 e. The molecule has 0 saturated carbocycles. The number of nitrogen functional groups attached to an aromatic ring is 1. The van der Waals surface area contributed by atoms with Crippen molar-refractivity contribution >= 4 is 23.4 Å². The zero-order valence-electron chi connectivity index (χ0n) is 27.1. The summed E-state index contributed by atoms with van der Waals surface area (Å²) in [6, 6.07) is 24.4. The average molecular weight is 683 g/mol. The fourth-order valence-electron chi connectivity index (χ4n) is 6.81. The van der Waals surface area contributed by atoms with Gasteiger partial charge in [-0.05, 0) is 47.9 Å². The number of aliphatic hydroxyl groups is 1. The lowest BCUT2D eigenvalue weighted by molar-refractivity contribution is -0.159. The molecule has 2 aliphatic rings. The SMILES string of the molecule is COc1ccc(C(OC[C@@]23CN(c4ncc(Cl)cn4)[C@@H]([C@H](n4cc(C)c(N)nc4=O)O2)[C@@H]3O)(c2ccccc2)c2ccc(OC)cc2)cc1. The quantitative estimate of drug-likeness (QED) is 0.205. The lowest BCUT2D eigenvalue weighted by atomic mass is 9.79. The van der Waals surface area contributed by atoms with Crippen LogP contribution >= 0.6 is 11.6 Å². The molecule has 0 spiro atoms. The number of benzene rings is 3. The summed E-state index contributed by atoms with van der Waals surface area (Å²) in [5, 5.41) is 12.5. The van der Waals surface area contributed by atoms with E-state index in [9.17, 15) is 9.90 Å². The number of ether oxygens (including phenoxy) is 4. The second-order valence-corrected chi connectivity index (χ2v) is 12.6. The first-order valence-corrected chi connectivity index (χ1v) is 16.0. The molecule has 0 aliphatic carbocycles. The summed E-state index contributed by atoms with van der Waals surface area (Å²) >= 11 is 6.12. The zero-order chi connectivity index (χ0) is 34.3. The Hall–Kier alpha value is -5.01. The Morgan fingerprint density at radius 2 is 1.53 bits per heavy atom. The summed E-state index contributed by atoms with van der Waals surface area (Å²) in [6.07, 6.45) is 2.44. The number of methoxy groups -OCH3 is 2. The lowest BCUT2D eigenvalue weighted by Crippen LogP contribution is -2.51. The van der Waals surface area contributed by atoms with E-state index >= 15 is 0 Å². The number of aryl methyl sites for hydroxylation is 1. The fourth-order valence-corrected chi connectivity index (χ4v) is 6.90. The maximum absolute atomic E-state index is 13.2. The number of aliphatic hydroxyl groups excluding tert-OH is 1. The van der Waals surface area contributed by atoms with Gasteiger partial charge in [0.2, 0.25) is 5.95 Å². The van der Waals surface area contributed by atoms with E-state index in [1.54, 1.807) is 27.3 Å². The molecule has 3 aromatic carbocycles. The van der Waals surface area contributed by atoms with Crippen LogP contribution in [0.4, 0.5) is 11.8 Å². The van der Waals surface area contributed by atoms with E-state index in [2.05, 4.69) is 15.0 Å². The molecule has 2 aliphatic heterocycles. The zero-order valence-corrected chi connectivity index (χ0v) is 27.8. The Balaban J connectivity index is 1.36. The van der Waals surface area contributed by atoms with Crippen molar-refractivity contribution in [2.75, 3.05) is 38.0 Å². The first kappa shape index (κ1) is 32.5. The van der Waals surface area contributed by atoms with Crippen LogP contribution in [0.15, 0.2) is 102 Å². The van der Waals surface area contributed by atoms with Crippen molar-refractivity contribution in [3.8, 4) is 11.5 Å². The van der Waals surface area contributed by atoms with Gasteiger partial charge in [0.15, 0.2) is 6.23 Å². The number of halogens is 1. The summed E-state index contributed by atoms with van der Waals surface area (Å²) in [7, 11) is 3.23. The molecular weight excluding hydrogens is 648 g/mol. The molecule has 13 heteroatoms. The van der Waals surface area contributed by atoms with Crippen molar-refractivity contribution in [3.05, 3.63) is 135 Å². The van der Waals surface area contributed by atoms with Crippen LogP contribution in [0.3, 0.4) is 0 Å². The van der Waals surface area contributed by atoms with Crippen molar-refractivity contribution in [1.29, 1.82) is 0 Å². The molecule has 4 heterocycles. The number of rotatable bonds is 10. The molecule has 0 unspecified atom stereocenters. The molecule has 2 saturated heterocycles. The Morgan fingerprint density at radius 3 is 2.10 bits per heavy atom. The highest BCUT2D eigenvalue weighted by atomic mass is 35.5. The third-order valence-electron chi connectivity index (χ3n) is 9.33. The average Bonchev–Trinajstić information content (AvgIpc) is 3.57. The minimum Gasteiger partial charge on any atom is -0.497 e. The van der Waals surface area contributed by atoms with Gasteiger partial charge in [-0.25, -0.2) is 14.8 Å². The third kappa shape index (κ3) is 5.56. The third-order valence-corrected chi connectivity index (χ3v) is 9.52. The van der Waals surface area contributed by atoms with Crippen molar-refractivity contribution in [1.82, 2.24) is 19.5 Å². The highest BCUT2D eigenvalue weighted by molar-refractivity contribution is 6.30. The summed E-state index contributed by atoms with van der Waals surface area (Å²) in [5.41, 5.74) is 5.86. The maximum atomic E-state index is 13.2. The van der Waals surface area contributed by atoms with Crippen LogP contribution in [0.5, 0.6) is 11.5 Å². The topological polar surface area (TPSA) is 147 Å². The molecule has 0 amide bonds. The van der Waals surface area contributed by atoms with Crippen LogP contribution in [-0.4, -0.2) is 69.7 Å². The van der Waals surface area contributed by atoms with Crippen molar-refractivity contribution in [3.63, 3.8) is 0 Å². The second kappa shape index (κ2) is 12.8. The van der Waals surface area contributed by atoms with Crippen LogP contribution in [-0.2, 0) is 15.1 Å². The van der Waals surface area contributed by atoms with Crippen LogP contribution in [0.2, 0.25) is 5.02 Å². The highest BCUT2D eigenvalue weighted by Gasteiger charge is 2.65. The lowest BCUT2D eigenvalue weighted by Gasteiger charge is -2.41. The monoisotopic (exact) mass is 682 g/mol. The molecular formula is C36H35ClN6O6. The maximum Gasteiger partial charge on any atom is 0.351 e. The summed E-state index contributed by atoms with van der Waals surface area (Å²) in [4.78, 5) is 27.9. The highest BCUT2D eigenvalue weighted by Crippen LogP contribution is 2.50. The molecule has 2 aromatic heterocycles. The molecule has 7 rings (SSSR count). The van der Waals surface area contributed by atoms with Gasteiger partial charge in [-0.1, -0.05) is 66.2 Å². The molecule has 0 radical (unpaired) electrons. The minimum absolute atomic E-state index is 0.103. The Labute approximate surface area is 287 Å². The van der Waals surface area contributed by atoms with Gasteiger partial charge in [0, 0.05) is 11.8 Å². The van der Waals surface area contributed by atoms with E-state index < -0.39 is 35.3 Å². The Morgan fingerprint density at radius 1 is 0.959 bits per heavy atom. The number of morpholine rings is 1. The molecule has 2 fully saturated rings. The van der Waals surface area contributed by atoms with Gasteiger partial charge in [0.25, 0.3) is 0 Å². The van der Waals surface area contributed by atoms with Gasteiger partial charge in [0.1, 0.15) is 40.7 Å². The van der Waals surface area contributed by atoms with E-state index in [0.717, 1.165) is 16.7 Å². The molecule has 49 heavy (non-hydrogen) atoms. The molecule has 5 aromatic rings. The van der Waals surface area contributed by atoms with E-state index in [0.29, 0.717) is 28.0 Å². The van der Waals surface area contributed by atoms with Crippen LogP contribution in [0.25, 0.3) is 0 Å². The molecule has 3 N–H and O–H groups in total. The van der Waals surface area contributed by atoms with Crippen molar-refractivity contribution < 1.29 is 24.1 Å². The van der Waals surface area contributed by atoms with Gasteiger partial charge in [0.05, 0.1) is 44.8 Å². The molecule has 4 atom stereocenters. The van der Waals surface area contributed by atoms with Gasteiger partial charge in [-0.2, -0.15) is 4.98 Å². The minimum atomic E-state index is -1.34. The van der Waals surface area contributed by atoms with Crippen LogP contribution < -0.4 is 25.8 Å². The van der Waals surface area contributed by atoms with E-state index in [4.69, 9.17) is 36.3 Å². The van der Waals surface area contributed by atoms with Crippen LogP contribution in [0.1, 0.15) is 28.5 Å². The summed E-state index contributed by atoms with van der Waals surface area (Å²) in [6.45, 7) is 1.80. The normalized spacial score (nSPS) is 21.6. The molecule has 2 bridgehead atoms. The Bertz CT molecular complexity index is 1950. The van der Waals surface area contributed by atoms with Gasteiger partial charge < -0.3 is 34.7 Å². The van der Waals surface area contributed by atoms with Crippen molar-refractivity contribution in [2.24, 2.45) is 0 Å². The fraction of sp³-hybridized carbons (Fsp3) is 0.278. The number of hydrogen-bond donors (Lipinski definition) is 2. The summed E-state index contributed by atoms with van der Waals surface area (Å²) < 4.78 is 26.2. The van der Waals surface area contributed by atoms with Gasteiger partial charge in [-0.15, -0.1) is 0 Å². The second-order valence-electron chi connectivity index (χ2n) is 12.1. The first-order chi connectivity index (χ1) is 23.7. The van der Waals surface area contributed by atoms with E-state index in [1.165, 1.54) is 17.0 Å². The number of anilines is 2. The predicted octanol–water partition coefficient (Wildman–Crippen LogP) is 4.12. The smallest absolute Gasteiger partial charge is 0.351 e. The van der Waals surface area contributed by atoms with E-state index in [1.807, 2.05) is 83.8 Å². The number of fused-ring (bicyclic) bond motifs is 2. The molecule has 12 nitrogen and oxygen atoms in total. The number of nitrogens with zero attached hydrogens (tertiary/aromatic N) is 5. The predicted molar refractivity (Wildman–Crippen MR) is 183 cm³/mol. The first-order valence-electron chi connectivity index (χ1n) is 15.6.